The first-order valence-corrected chi connectivity index (χ1v) is 7.89. The summed E-state index contributed by atoms with van der Waals surface area (Å²) >= 11 is 0. The smallest absolute Gasteiger partial charge is 0.123 e. The molecular weight excluding hydrogens is 283 g/mol. The fourth-order valence-corrected chi connectivity index (χ4v) is 2.90. The molecule has 0 fully saturated rings. The molecule has 0 N–H and O–H groups in total. The second-order valence-corrected chi connectivity index (χ2v) is 5.45. The van der Waals surface area contributed by atoms with E-state index in [-0.39, 0.29) is 5.82 Å². The summed E-state index contributed by atoms with van der Waals surface area (Å²) in [6.07, 6.45) is 0.908. The van der Waals surface area contributed by atoms with Gasteiger partial charge in [0.05, 0.1) is 0 Å². The van der Waals surface area contributed by atoms with Gasteiger partial charge in [-0.05, 0) is 46.4 Å². The van der Waals surface area contributed by atoms with Crippen molar-refractivity contribution in [3.63, 3.8) is 0 Å². The molecule has 0 unspecified atom stereocenters. The molecule has 3 rings (SSSR count). The van der Waals surface area contributed by atoms with Crippen LogP contribution in [0.25, 0.3) is 11.1 Å². The lowest BCUT2D eigenvalue weighted by Gasteiger charge is -2.16. The molecule has 3 aromatic carbocycles. The Hall–Kier alpha value is -2.67. The molecule has 0 saturated carbocycles. The van der Waals surface area contributed by atoms with Crippen LogP contribution in [0.15, 0.2) is 84.9 Å². The number of halogens is 1. The van der Waals surface area contributed by atoms with Gasteiger partial charge in [0.15, 0.2) is 0 Å². The molecule has 0 heterocycles. The Morgan fingerprint density at radius 3 is 1.65 bits per heavy atom. The number of rotatable bonds is 4. The van der Waals surface area contributed by atoms with Crippen molar-refractivity contribution >= 4 is 11.1 Å². The second-order valence-electron chi connectivity index (χ2n) is 5.45. The standard InChI is InChI=1S/C22H19F/c1-2-21(17-9-5-3-6-10-17)22(18-11-7-4-8-12-18)19-13-15-20(23)16-14-19/h3-16H,2H2,1H3. The van der Waals surface area contributed by atoms with Crippen LogP contribution in [-0.4, -0.2) is 0 Å². The molecule has 0 radical (unpaired) electrons. The predicted octanol–water partition coefficient (Wildman–Crippen LogP) is 6.19. The van der Waals surface area contributed by atoms with Gasteiger partial charge in [0.1, 0.15) is 5.82 Å². The molecule has 0 amide bonds. The minimum atomic E-state index is -0.209. The molecule has 0 aromatic heterocycles. The molecule has 3 aromatic rings. The topological polar surface area (TPSA) is 0 Å². The summed E-state index contributed by atoms with van der Waals surface area (Å²) < 4.78 is 13.3. The molecule has 0 aliphatic carbocycles. The lowest BCUT2D eigenvalue weighted by molar-refractivity contribution is 0.627. The van der Waals surface area contributed by atoms with Gasteiger partial charge in [-0.2, -0.15) is 0 Å². The number of allylic oxidation sites excluding steroid dienone is 1. The first kappa shape index (κ1) is 15.2. The van der Waals surface area contributed by atoms with E-state index in [1.54, 1.807) is 0 Å². The van der Waals surface area contributed by atoms with Gasteiger partial charge in [-0.25, -0.2) is 4.39 Å². The fourth-order valence-electron chi connectivity index (χ4n) is 2.90. The average Bonchev–Trinajstić information content (AvgIpc) is 2.62. The minimum Gasteiger partial charge on any atom is -0.207 e. The van der Waals surface area contributed by atoms with Crippen LogP contribution in [0.1, 0.15) is 30.0 Å². The third-order valence-electron chi connectivity index (χ3n) is 3.97. The Balaban J connectivity index is 2.26. The molecule has 0 bridgehead atoms. The summed E-state index contributed by atoms with van der Waals surface area (Å²) in [6, 6.07) is 27.5. The van der Waals surface area contributed by atoms with Crippen LogP contribution in [0, 0.1) is 5.82 Å². The maximum absolute atomic E-state index is 13.3. The van der Waals surface area contributed by atoms with Crippen LogP contribution >= 0.6 is 0 Å². The molecule has 0 aliphatic heterocycles. The highest BCUT2D eigenvalue weighted by Gasteiger charge is 2.12. The molecule has 1 heteroatoms. The van der Waals surface area contributed by atoms with Crippen LogP contribution < -0.4 is 0 Å². The van der Waals surface area contributed by atoms with Crippen molar-refractivity contribution in [1.29, 1.82) is 0 Å². The van der Waals surface area contributed by atoms with Gasteiger partial charge in [-0.1, -0.05) is 79.7 Å². The van der Waals surface area contributed by atoms with Crippen molar-refractivity contribution in [2.24, 2.45) is 0 Å². The van der Waals surface area contributed by atoms with Crippen molar-refractivity contribution in [2.45, 2.75) is 13.3 Å². The highest BCUT2D eigenvalue weighted by molar-refractivity contribution is 5.98. The Bertz CT molecular complexity index is 784. The number of hydrogen-bond acceptors (Lipinski definition) is 0. The van der Waals surface area contributed by atoms with Gasteiger partial charge >= 0.3 is 0 Å². The van der Waals surface area contributed by atoms with Crippen LogP contribution in [0.3, 0.4) is 0 Å². The molecular formula is C22H19F. The van der Waals surface area contributed by atoms with Crippen molar-refractivity contribution in [3.05, 3.63) is 107 Å². The molecule has 0 spiro atoms. The zero-order valence-corrected chi connectivity index (χ0v) is 13.2. The van der Waals surface area contributed by atoms with E-state index < -0.39 is 0 Å². The third kappa shape index (κ3) is 3.40. The van der Waals surface area contributed by atoms with E-state index in [2.05, 4.69) is 43.3 Å². The van der Waals surface area contributed by atoms with E-state index in [0.29, 0.717) is 0 Å². The zero-order valence-electron chi connectivity index (χ0n) is 13.2. The molecule has 0 aliphatic rings. The lowest BCUT2D eigenvalue weighted by atomic mass is 9.88. The summed E-state index contributed by atoms with van der Waals surface area (Å²) in [4.78, 5) is 0. The Morgan fingerprint density at radius 2 is 1.13 bits per heavy atom. The summed E-state index contributed by atoms with van der Waals surface area (Å²) in [5, 5.41) is 0. The van der Waals surface area contributed by atoms with Crippen molar-refractivity contribution < 1.29 is 4.39 Å². The van der Waals surface area contributed by atoms with Crippen molar-refractivity contribution in [3.8, 4) is 0 Å². The second kappa shape index (κ2) is 7.06. The van der Waals surface area contributed by atoms with Crippen LogP contribution in [0.2, 0.25) is 0 Å². The normalized spacial score (nSPS) is 11.9. The largest absolute Gasteiger partial charge is 0.207 e. The van der Waals surface area contributed by atoms with E-state index in [1.807, 2.05) is 36.4 Å². The molecule has 0 saturated heterocycles. The predicted molar refractivity (Wildman–Crippen MR) is 95.5 cm³/mol. The number of benzene rings is 3. The first-order chi connectivity index (χ1) is 11.3. The Labute approximate surface area is 136 Å². The van der Waals surface area contributed by atoms with E-state index in [9.17, 15) is 4.39 Å². The summed E-state index contributed by atoms with van der Waals surface area (Å²) in [5.41, 5.74) is 5.83. The summed E-state index contributed by atoms with van der Waals surface area (Å²) in [7, 11) is 0. The first-order valence-electron chi connectivity index (χ1n) is 7.89. The monoisotopic (exact) mass is 302 g/mol. The summed E-state index contributed by atoms with van der Waals surface area (Å²) in [5.74, 6) is -0.209. The van der Waals surface area contributed by atoms with E-state index in [0.717, 1.165) is 17.5 Å². The van der Waals surface area contributed by atoms with Gasteiger partial charge in [-0.3, -0.25) is 0 Å². The fraction of sp³-hybridized carbons (Fsp3) is 0.0909. The van der Waals surface area contributed by atoms with Crippen LogP contribution in [-0.2, 0) is 0 Å². The molecule has 0 atom stereocenters. The lowest BCUT2D eigenvalue weighted by Crippen LogP contribution is -1.95. The highest BCUT2D eigenvalue weighted by Crippen LogP contribution is 2.34. The molecule has 0 nitrogen and oxygen atoms in total. The third-order valence-corrected chi connectivity index (χ3v) is 3.97. The van der Waals surface area contributed by atoms with Crippen LogP contribution in [0.5, 0.6) is 0 Å². The minimum absolute atomic E-state index is 0.209. The molecule has 114 valence electrons. The maximum Gasteiger partial charge on any atom is 0.123 e. The average molecular weight is 302 g/mol. The summed E-state index contributed by atoms with van der Waals surface area (Å²) in [6.45, 7) is 2.16. The zero-order chi connectivity index (χ0) is 16.1. The van der Waals surface area contributed by atoms with Gasteiger partial charge in [0.2, 0.25) is 0 Å². The van der Waals surface area contributed by atoms with Crippen LogP contribution in [0.4, 0.5) is 4.39 Å². The van der Waals surface area contributed by atoms with E-state index in [1.165, 1.54) is 28.8 Å². The van der Waals surface area contributed by atoms with Gasteiger partial charge in [0.25, 0.3) is 0 Å². The van der Waals surface area contributed by atoms with E-state index >= 15 is 0 Å². The van der Waals surface area contributed by atoms with E-state index in [4.69, 9.17) is 0 Å². The van der Waals surface area contributed by atoms with Crippen molar-refractivity contribution in [1.82, 2.24) is 0 Å². The molecule has 23 heavy (non-hydrogen) atoms. The van der Waals surface area contributed by atoms with Gasteiger partial charge < -0.3 is 0 Å². The highest BCUT2D eigenvalue weighted by atomic mass is 19.1. The Morgan fingerprint density at radius 1 is 0.652 bits per heavy atom. The van der Waals surface area contributed by atoms with Gasteiger partial charge in [0, 0.05) is 0 Å². The Kier molecular flexibility index (Phi) is 4.68. The quantitative estimate of drug-likeness (QED) is 0.504. The number of hydrogen-bond donors (Lipinski definition) is 0. The maximum atomic E-state index is 13.3. The van der Waals surface area contributed by atoms with Gasteiger partial charge in [-0.15, -0.1) is 0 Å². The SMILES string of the molecule is CCC(=C(c1ccccc1)c1ccc(F)cc1)c1ccccc1. The van der Waals surface area contributed by atoms with Crippen molar-refractivity contribution in [2.75, 3.05) is 0 Å².